The first-order valence-corrected chi connectivity index (χ1v) is 5.42. The van der Waals surface area contributed by atoms with E-state index in [-0.39, 0.29) is 6.54 Å². The summed E-state index contributed by atoms with van der Waals surface area (Å²) in [7, 11) is 0. The van der Waals surface area contributed by atoms with Crippen LogP contribution in [-0.2, 0) is 4.79 Å². The second-order valence-electron chi connectivity index (χ2n) is 3.07. The Morgan fingerprint density at radius 1 is 1.44 bits per heavy atom. The molecule has 4 nitrogen and oxygen atoms in total. The van der Waals surface area contributed by atoms with Crippen molar-refractivity contribution in [3.05, 3.63) is 28.2 Å². The lowest BCUT2D eigenvalue weighted by Gasteiger charge is -2.08. The van der Waals surface area contributed by atoms with Crippen LogP contribution in [0.5, 0.6) is 5.75 Å². The third kappa shape index (κ3) is 4.70. The number of hydrogen-bond donors (Lipinski definition) is 2. The predicted molar refractivity (Wildman–Crippen MR) is 64.0 cm³/mol. The molecular weight excluding hydrogens is 251 g/mol. The Morgan fingerprint density at radius 2 is 2.19 bits per heavy atom. The first-order valence-electron chi connectivity index (χ1n) is 4.66. The Morgan fingerprint density at radius 3 is 2.81 bits per heavy atom. The molecule has 0 aliphatic carbocycles. The molecule has 0 aliphatic rings. The second-order valence-corrected chi connectivity index (χ2v) is 3.91. The van der Waals surface area contributed by atoms with Gasteiger partial charge in [-0.25, -0.2) is 0 Å². The number of benzene rings is 1. The van der Waals surface area contributed by atoms with E-state index in [2.05, 4.69) is 5.32 Å². The number of nitrogens with one attached hydrogen (secondary N) is 1. The van der Waals surface area contributed by atoms with Crippen molar-refractivity contribution in [1.82, 2.24) is 5.32 Å². The van der Waals surface area contributed by atoms with Crippen molar-refractivity contribution in [2.24, 2.45) is 5.73 Å². The van der Waals surface area contributed by atoms with Gasteiger partial charge in [-0.1, -0.05) is 23.2 Å². The Bertz CT molecular complexity index is 372. The molecule has 16 heavy (non-hydrogen) atoms. The van der Waals surface area contributed by atoms with E-state index in [4.69, 9.17) is 33.7 Å². The molecule has 0 spiro atoms. The molecule has 0 saturated carbocycles. The van der Waals surface area contributed by atoms with E-state index < -0.39 is 5.91 Å². The normalized spacial score (nSPS) is 10.1. The van der Waals surface area contributed by atoms with Crippen molar-refractivity contribution in [2.75, 3.05) is 19.7 Å². The molecule has 0 radical (unpaired) electrons. The summed E-state index contributed by atoms with van der Waals surface area (Å²) in [6.07, 6.45) is 0. The van der Waals surface area contributed by atoms with Gasteiger partial charge in [-0.15, -0.1) is 0 Å². The molecule has 0 bridgehead atoms. The standard InChI is InChI=1S/C10H12Cl2N2O2/c11-7-1-2-9(8(12)5-7)16-4-3-14-6-10(13)15/h1-2,5,14H,3-4,6H2,(H2,13,15). The molecular formula is C10H12Cl2N2O2. The first kappa shape index (κ1) is 13.1. The van der Waals surface area contributed by atoms with E-state index in [1.165, 1.54) is 0 Å². The third-order valence-corrected chi connectivity index (χ3v) is 2.26. The fourth-order valence-electron chi connectivity index (χ4n) is 1.04. The van der Waals surface area contributed by atoms with E-state index in [1.807, 2.05) is 0 Å². The van der Waals surface area contributed by atoms with Crippen LogP contribution in [0.25, 0.3) is 0 Å². The molecule has 88 valence electrons. The van der Waals surface area contributed by atoms with Gasteiger partial charge in [0.1, 0.15) is 12.4 Å². The summed E-state index contributed by atoms with van der Waals surface area (Å²) in [5, 5.41) is 3.84. The average molecular weight is 263 g/mol. The molecule has 1 amide bonds. The van der Waals surface area contributed by atoms with Crippen LogP contribution in [-0.4, -0.2) is 25.6 Å². The van der Waals surface area contributed by atoms with Gasteiger partial charge in [0.05, 0.1) is 11.6 Å². The van der Waals surface area contributed by atoms with Gasteiger partial charge in [0.15, 0.2) is 0 Å². The highest BCUT2D eigenvalue weighted by molar-refractivity contribution is 6.35. The van der Waals surface area contributed by atoms with Crippen molar-refractivity contribution in [3.63, 3.8) is 0 Å². The highest BCUT2D eigenvalue weighted by Gasteiger charge is 2.01. The van der Waals surface area contributed by atoms with Crippen molar-refractivity contribution < 1.29 is 9.53 Å². The van der Waals surface area contributed by atoms with Crippen LogP contribution >= 0.6 is 23.2 Å². The molecule has 0 unspecified atom stereocenters. The third-order valence-electron chi connectivity index (χ3n) is 1.73. The van der Waals surface area contributed by atoms with Gasteiger partial charge in [0.25, 0.3) is 0 Å². The van der Waals surface area contributed by atoms with Crippen LogP contribution < -0.4 is 15.8 Å². The first-order chi connectivity index (χ1) is 7.59. The summed E-state index contributed by atoms with van der Waals surface area (Å²) in [5.41, 5.74) is 4.95. The van der Waals surface area contributed by atoms with Gasteiger partial charge in [-0.3, -0.25) is 4.79 Å². The number of carbonyl (C=O) groups excluding carboxylic acids is 1. The summed E-state index contributed by atoms with van der Waals surface area (Å²) >= 11 is 11.6. The molecule has 0 atom stereocenters. The van der Waals surface area contributed by atoms with E-state index in [0.717, 1.165) is 0 Å². The lowest BCUT2D eigenvalue weighted by molar-refractivity contribution is -0.117. The van der Waals surface area contributed by atoms with Gasteiger partial charge in [-0.2, -0.15) is 0 Å². The number of hydrogen-bond acceptors (Lipinski definition) is 3. The summed E-state index contributed by atoms with van der Waals surface area (Å²) < 4.78 is 5.37. The molecule has 6 heteroatoms. The molecule has 0 heterocycles. The monoisotopic (exact) mass is 262 g/mol. The predicted octanol–water partition coefficient (Wildman–Crippen LogP) is 1.45. The Labute approximate surface area is 104 Å². The number of carbonyl (C=O) groups is 1. The van der Waals surface area contributed by atoms with Crippen molar-refractivity contribution >= 4 is 29.1 Å². The molecule has 1 aromatic rings. The number of primary amides is 1. The summed E-state index contributed by atoms with van der Waals surface area (Å²) in [5.74, 6) is 0.163. The Hall–Kier alpha value is -0.970. The number of ether oxygens (including phenoxy) is 1. The lowest BCUT2D eigenvalue weighted by Crippen LogP contribution is -2.31. The topological polar surface area (TPSA) is 64.4 Å². The zero-order valence-electron chi connectivity index (χ0n) is 8.50. The van der Waals surface area contributed by atoms with Gasteiger partial charge in [0.2, 0.25) is 5.91 Å². The maximum atomic E-state index is 10.4. The van der Waals surface area contributed by atoms with E-state index in [9.17, 15) is 4.79 Å². The maximum Gasteiger partial charge on any atom is 0.231 e. The molecule has 0 saturated heterocycles. The number of amides is 1. The summed E-state index contributed by atoms with van der Waals surface area (Å²) in [6, 6.07) is 4.99. The van der Waals surface area contributed by atoms with Crippen LogP contribution in [0.3, 0.4) is 0 Å². The summed E-state index contributed by atoms with van der Waals surface area (Å²) in [6.45, 7) is 1.05. The minimum Gasteiger partial charge on any atom is -0.491 e. The Balaban J connectivity index is 2.29. The zero-order valence-corrected chi connectivity index (χ0v) is 10.0. The second kappa shape index (κ2) is 6.58. The highest BCUT2D eigenvalue weighted by Crippen LogP contribution is 2.27. The number of rotatable bonds is 6. The van der Waals surface area contributed by atoms with E-state index in [1.54, 1.807) is 18.2 Å². The molecule has 1 rings (SSSR count). The van der Waals surface area contributed by atoms with Crippen molar-refractivity contribution in [3.8, 4) is 5.75 Å². The summed E-state index contributed by atoms with van der Waals surface area (Å²) in [4.78, 5) is 10.4. The smallest absolute Gasteiger partial charge is 0.231 e. The van der Waals surface area contributed by atoms with Crippen LogP contribution in [0.4, 0.5) is 0 Å². The number of nitrogens with two attached hydrogens (primary N) is 1. The van der Waals surface area contributed by atoms with E-state index >= 15 is 0 Å². The largest absolute Gasteiger partial charge is 0.491 e. The Kier molecular flexibility index (Phi) is 5.38. The minimum absolute atomic E-state index is 0.137. The van der Waals surface area contributed by atoms with Crippen molar-refractivity contribution in [1.29, 1.82) is 0 Å². The van der Waals surface area contributed by atoms with Crippen LogP contribution in [0.2, 0.25) is 10.0 Å². The zero-order chi connectivity index (χ0) is 12.0. The van der Waals surface area contributed by atoms with Gasteiger partial charge < -0.3 is 15.8 Å². The molecule has 0 aromatic heterocycles. The quantitative estimate of drug-likeness (QED) is 0.763. The molecule has 1 aromatic carbocycles. The molecule has 0 fully saturated rings. The maximum absolute atomic E-state index is 10.4. The van der Waals surface area contributed by atoms with Crippen LogP contribution in [0, 0.1) is 0 Å². The van der Waals surface area contributed by atoms with Crippen molar-refractivity contribution in [2.45, 2.75) is 0 Å². The van der Waals surface area contributed by atoms with Crippen LogP contribution in [0.15, 0.2) is 18.2 Å². The minimum atomic E-state index is -0.399. The molecule has 3 N–H and O–H groups in total. The lowest BCUT2D eigenvalue weighted by atomic mass is 10.3. The van der Waals surface area contributed by atoms with Crippen LogP contribution in [0.1, 0.15) is 0 Å². The number of halogens is 2. The average Bonchev–Trinajstić information content (AvgIpc) is 2.20. The van der Waals surface area contributed by atoms with Gasteiger partial charge in [0, 0.05) is 11.6 Å². The fraction of sp³-hybridized carbons (Fsp3) is 0.300. The SMILES string of the molecule is NC(=O)CNCCOc1ccc(Cl)cc1Cl. The van der Waals surface area contributed by atoms with E-state index in [0.29, 0.717) is 28.9 Å². The van der Waals surface area contributed by atoms with Gasteiger partial charge >= 0.3 is 0 Å². The molecule has 0 aliphatic heterocycles. The van der Waals surface area contributed by atoms with Gasteiger partial charge in [-0.05, 0) is 18.2 Å². The highest BCUT2D eigenvalue weighted by atomic mass is 35.5. The fourth-order valence-corrected chi connectivity index (χ4v) is 1.50.